The molecule has 2 N–H and O–H groups in total. The van der Waals surface area contributed by atoms with Crippen LogP contribution in [0.3, 0.4) is 0 Å². The number of nitrogens with zero attached hydrogens (tertiary/aromatic N) is 1. The van der Waals surface area contributed by atoms with E-state index in [-0.39, 0.29) is 11.4 Å². The molecule has 0 radical (unpaired) electrons. The molecule has 2 aromatic rings. The highest BCUT2D eigenvalue weighted by Crippen LogP contribution is 2.36. The molecule has 0 saturated carbocycles. The van der Waals surface area contributed by atoms with Crippen molar-refractivity contribution in [1.29, 1.82) is 0 Å². The van der Waals surface area contributed by atoms with Gasteiger partial charge in [-0.1, -0.05) is 45.0 Å². The molecule has 2 aliphatic heterocycles. The number of anilines is 1. The third kappa shape index (κ3) is 5.16. The molecule has 0 unspecified atom stereocenters. The van der Waals surface area contributed by atoms with Gasteiger partial charge in [0.05, 0.1) is 11.3 Å². The number of hydrogen-bond donors (Lipinski definition) is 2. The maximum absolute atomic E-state index is 12.8. The summed E-state index contributed by atoms with van der Waals surface area (Å²) < 4.78 is 38.4. The van der Waals surface area contributed by atoms with E-state index < -0.39 is 17.3 Å². The van der Waals surface area contributed by atoms with E-state index in [9.17, 15) is 18.0 Å². The lowest BCUT2D eigenvalue weighted by molar-refractivity contribution is -0.137. The van der Waals surface area contributed by atoms with E-state index >= 15 is 0 Å². The van der Waals surface area contributed by atoms with Gasteiger partial charge in [0.25, 0.3) is 0 Å². The van der Waals surface area contributed by atoms with Crippen LogP contribution in [0.25, 0.3) is 5.70 Å². The average Bonchev–Trinajstić information content (AvgIpc) is 3.17. The first-order chi connectivity index (χ1) is 15.5. The van der Waals surface area contributed by atoms with Crippen molar-refractivity contribution in [3.63, 3.8) is 0 Å². The molecule has 176 valence electrons. The second-order valence-electron chi connectivity index (χ2n) is 9.65. The maximum atomic E-state index is 12.8. The molecule has 0 atom stereocenters. The van der Waals surface area contributed by atoms with Gasteiger partial charge in [-0.05, 0) is 46.9 Å². The van der Waals surface area contributed by atoms with Crippen molar-refractivity contribution in [2.24, 2.45) is 0 Å². The van der Waals surface area contributed by atoms with Crippen LogP contribution in [0.15, 0.2) is 54.6 Å². The summed E-state index contributed by atoms with van der Waals surface area (Å²) in [5.74, 6) is 0. The van der Waals surface area contributed by atoms with E-state index in [0.717, 1.165) is 17.8 Å². The Morgan fingerprint density at radius 1 is 0.970 bits per heavy atom. The summed E-state index contributed by atoms with van der Waals surface area (Å²) >= 11 is 0. The quantitative estimate of drug-likeness (QED) is 0.584. The third-order valence-corrected chi connectivity index (χ3v) is 6.19. The smallest absolute Gasteiger partial charge is 0.324 e. The number of piperidine rings is 1. The Morgan fingerprint density at radius 2 is 1.55 bits per heavy atom. The highest BCUT2D eigenvalue weighted by Gasteiger charge is 2.40. The van der Waals surface area contributed by atoms with Gasteiger partial charge in [0.1, 0.15) is 5.60 Å². The molecule has 4 rings (SSSR count). The lowest BCUT2D eigenvalue weighted by Gasteiger charge is -2.36. The van der Waals surface area contributed by atoms with Gasteiger partial charge in [-0.3, -0.25) is 10.3 Å². The minimum Gasteiger partial charge on any atom is -0.324 e. The summed E-state index contributed by atoms with van der Waals surface area (Å²) in [7, 11) is 0. The zero-order valence-corrected chi connectivity index (χ0v) is 18.9. The largest absolute Gasteiger partial charge is 0.416 e. The van der Waals surface area contributed by atoms with Crippen LogP contribution in [-0.2, 0) is 16.4 Å². The first-order valence-electron chi connectivity index (χ1n) is 11.0. The number of urea groups is 1. The number of likely N-dealkylation sites (tertiary alicyclic amines) is 1. The van der Waals surface area contributed by atoms with Crippen molar-refractivity contribution in [3.05, 3.63) is 71.3 Å². The molecule has 1 spiro atoms. The second-order valence-corrected chi connectivity index (χ2v) is 9.65. The maximum Gasteiger partial charge on any atom is 0.416 e. The van der Waals surface area contributed by atoms with Crippen LogP contribution in [0.1, 0.15) is 50.3 Å². The molecule has 2 amide bonds. The predicted octanol–water partition coefficient (Wildman–Crippen LogP) is 5.95. The molecule has 5 nitrogen and oxygen atoms in total. The van der Waals surface area contributed by atoms with Gasteiger partial charge in [0.15, 0.2) is 0 Å². The van der Waals surface area contributed by atoms with Crippen molar-refractivity contribution in [2.75, 3.05) is 18.4 Å². The fourth-order valence-corrected chi connectivity index (χ4v) is 4.05. The summed E-state index contributed by atoms with van der Waals surface area (Å²) in [5, 5.41) is 2.94. The molecule has 0 aromatic heterocycles. The Kier molecular flexibility index (Phi) is 5.90. The molecule has 2 aromatic carbocycles. The van der Waals surface area contributed by atoms with Gasteiger partial charge in [-0.25, -0.2) is 4.79 Å². The number of carbonyl (C=O) groups excluding carboxylic acids is 1. The van der Waals surface area contributed by atoms with E-state index in [0.29, 0.717) is 37.2 Å². The number of hydrogen-bond acceptors (Lipinski definition) is 3. The number of alkyl halides is 3. The Labute approximate surface area is 191 Å². The number of halogens is 3. The van der Waals surface area contributed by atoms with Crippen molar-refractivity contribution in [2.45, 2.75) is 50.8 Å². The molecule has 0 aliphatic carbocycles. The Morgan fingerprint density at radius 3 is 2.09 bits per heavy atom. The molecule has 8 heteroatoms. The molecule has 0 bridgehead atoms. The van der Waals surface area contributed by atoms with Crippen LogP contribution in [0.5, 0.6) is 0 Å². The van der Waals surface area contributed by atoms with E-state index in [2.05, 4.69) is 31.6 Å². The van der Waals surface area contributed by atoms with E-state index in [1.807, 2.05) is 30.3 Å². The first kappa shape index (κ1) is 23.2. The fraction of sp³-hybridized carbons (Fsp3) is 0.400. The van der Waals surface area contributed by atoms with Gasteiger partial charge >= 0.3 is 12.2 Å². The second kappa shape index (κ2) is 8.41. The van der Waals surface area contributed by atoms with Crippen molar-refractivity contribution in [1.82, 2.24) is 10.4 Å². The van der Waals surface area contributed by atoms with Crippen molar-refractivity contribution in [3.8, 4) is 0 Å². The van der Waals surface area contributed by atoms with Gasteiger partial charge < -0.3 is 10.2 Å². The SMILES string of the molecule is CC(C)(C)c1ccc(NC(=O)N2CCC3(C=C(c4ccc(C(F)(F)F)cc4)NO3)CC2)cc1. The lowest BCUT2D eigenvalue weighted by atomic mass is 9.87. The average molecular weight is 460 g/mol. The molecule has 33 heavy (non-hydrogen) atoms. The monoisotopic (exact) mass is 459 g/mol. The summed E-state index contributed by atoms with van der Waals surface area (Å²) in [6.07, 6.45) is -1.28. The minimum absolute atomic E-state index is 0.0474. The van der Waals surface area contributed by atoms with E-state index in [1.54, 1.807) is 4.90 Å². The van der Waals surface area contributed by atoms with Crippen molar-refractivity contribution >= 4 is 17.4 Å². The van der Waals surface area contributed by atoms with Gasteiger partial charge in [0, 0.05) is 31.6 Å². The first-order valence-corrected chi connectivity index (χ1v) is 11.0. The van der Waals surface area contributed by atoms with Crippen LogP contribution in [0.2, 0.25) is 0 Å². The van der Waals surface area contributed by atoms with Crippen LogP contribution < -0.4 is 10.8 Å². The number of nitrogens with one attached hydrogen (secondary N) is 2. The van der Waals surface area contributed by atoms with Crippen LogP contribution in [0.4, 0.5) is 23.7 Å². The Hall–Kier alpha value is -3.00. The Balaban J connectivity index is 1.35. The van der Waals surface area contributed by atoms with Crippen LogP contribution in [0, 0.1) is 0 Å². The van der Waals surface area contributed by atoms with Gasteiger partial charge in [0.2, 0.25) is 0 Å². The number of hydroxylamine groups is 1. The molecular weight excluding hydrogens is 431 g/mol. The number of rotatable bonds is 2. The summed E-state index contributed by atoms with van der Waals surface area (Å²) in [6, 6.07) is 12.7. The fourth-order valence-electron chi connectivity index (χ4n) is 4.05. The molecular formula is C25H28F3N3O2. The highest BCUT2D eigenvalue weighted by atomic mass is 19.4. The number of carbonyl (C=O) groups is 1. The molecule has 1 saturated heterocycles. The predicted molar refractivity (Wildman–Crippen MR) is 121 cm³/mol. The normalized spacial score (nSPS) is 18.1. The third-order valence-electron chi connectivity index (χ3n) is 6.19. The zero-order chi connectivity index (χ0) is 23.9. The van der Waals surface area contributed by atoms with E-state index in [4.69, 9.17) is 4.84 Å². The number of amides is 2. The molecule has 2 heterocycles. The molecule has 2 aliphatic rings. The summed E-state index contributed by atoms with van der Waals surface area (Å²) in [4.78, 5) is 20.3. The van der Waals surface area contributed by atoms with Crippen LogP contribution in [-0.4, -0.2) is 29.6 Å². The van der Waals surface area contributed by atoms with Crippen molar-refractivity contribution < 1.29 is 22.8 Å². The highest BCUT2D eigenvalue weighted by molar-refractivity contribution is 5.89. The molecule has 1 fully saturated rings. The Bertz CT molecular complexity index is 1030. The van der Waals surface area contributed by atoms with Gasteiger partial charge in [-0.15, -0.1) is 0 Å². The van der Waals surface area contributed by atoms with Crippen LogP contribution >= 0.6 is 0 Å². The summed E-state index contributed by atoms with van der Waals surface area (Å²) in [5.41, 5.74) is 4.84. The topological polar surface area (TPSA) is 53.6 Å². The lowest BCUT2D eigenvalue weighted by Crippen LogP contribution is -2.48. The standard InChI is InChI=1S/C25H28F3N3O2/c1-23(2,3)18-8-10-20(11-9-18)29-22(32)31-14-12-24(13-15-31)16-21(30-33-24)17-4-6-19(7-5-17)25(26,27)28/h4-11,16,30H,12-15H2,1-3H3,(H,29,32). The van der Waals surface area contributed by atoms with E-state index in [1.165, 1.54) is 17.7 Å². The summed E-state index contributed by atoms with van der Waals surface area (Å²) in [6.45, 7) is 7.43. The zero-order valence-electron chi connectivity index (χ0n) is 18.9. The number of benzene rings is 2. The van der Waals surface area contributed by atoms with Gasteiger partial charge in [-0.2, -0.15) is 13.2 Å². The minimum atomic E-state index is -4.37.